The van der Waals surface area contributed by atoms with E-state index >= 15 is 0 Å². The number of ether oxygens (including phenoxy) is 2. The summed E-state index contributed by atoms with van der Waals surface area (Å²) in [6.07, 6.45) is 0. The van der Waals surface area contributed by atoms with Crippen LogP contribution < -0.4 is 20.3 Å². The van der Waals surface area contributed by atoms with Crippen LogP contribution in [0.4, 0.5) is 10.1 Å². The third-order valence-corrected chi connectivity index (χ3v) is 4.21. The number of nitrogens with one attached hydrogen (secondary N) is 2. The van der Waals surface area contributed by atoms with Crippen molar-refractivity contribution in [1.29, 1.82) is 0 Å². The largest absolute Gasteiger partial charge is 0.497 e. The second kappa shape index (κ2) is 8.09. The number of anilines is 1. The second-order valence-electron chi connectivity index (χ2n) is 5.65. The normalized spacial score (nSPS) is 10.5. The van der Waals surface area contributed by atoms with Gasteiger partial charge in [-0.05, 0) is 36.4 Å². The topological polar surface area (TPSA) is 76.2 Å². The van der Waals surface area contributed by atoms with Gasteiger partial charge < -0.3 is 14.8 Å². The molecule has 0 saturated carbocycles. The number of hydrogen-bond acceptors (Lipinski definition) is 5. The fourth-order valence-electron chi connectivity index (χ4n) is 2.56. The van der Waals surface area contributed by atoms with Crippen LogP contribution in [0, 0.1) is 5.82 Å². The molecule has 0 radical (unpaired) electrons. The maximum atomic E-state index is 14.1. The quantitative estimate of drug-likeness (QED) is 0.669. The van der Waals surface area contributed by atoms with E-state index in [1.807, 2.05) is 6.07 Å². The van der Waals surface area contributed by atoms with Gasteiger partial charge in [-0.15, -0.1) is 0 Å². The molecule has 0 amide bonds. The minimum absolute atomic E-state index is 0.198. The summed E-state index contributed by atoms with van der Waals surface area (Å²) < 4.78 is 24.6. The molecule has 0 fully saturated rings. The van der Waals surface area contributed by atoms with Gasteiger partial charge in [-0.25, -0.2) is 9.49 Å². The predicted octanol–water partition coefficient (Wildman–Crippen LogP) is 3.86. The number of aromatic nitrogens is 2. The molecule has 2 N–H and O–H groups in total. The van der Waals surface area contributed by atoms with Crippen molar-refractivity contribution >= 4 is 17.3 Å². The maximum absolute atomic E-state index is 14.1. The van der Waals surface area contributed by atoms with Crippen LogP contribution >= 0.6 is 11.6 Å². The van der Waals surface area contributed by atoms with Crippen LogP contribution in [-0.4, -0.2) is 24.4 Å². The van der Waals surface area contributed by atoms with Crippen molar-refractivity contribution in [3.05, 3.63) is 69.2 Å². The SMILES string of the molecule is COc1ccc(CNc2cc(-c3cc(Cl)ccc3F)n[nH]c2=O)c(OC)c1. The Morgan fingerprint density at radius 1 is 1.15 bits per heavy atom. The zero-order chi connectivity index (χ0) is 19.4. The van der Waals surface area contributed by atoms with Gasteiger partial charge in [-0.2, -0.15) is 5.10 Å². The van der Waals surface area contributed by atoms with E-state index in [0.717, 1.165) is 5.56 Å². The molecule has 1 aromatic heterocycles. The molecule has 6 nitrogen and oxygen atoms in total. The molecule has 0 saturated heterocycles. The van der Waals surface area contributed by atoms with Crippen molar-refractivity contribution < 1.29 is 13.9 Å². The van der Waals surface area contributed by atoms with E-state index in [4.69, 9.17) is 21.1 Å². The third kappa shape index (κ3) is 4.20. The highest BCUT2D eigenvalue weighted by atomic mass is 35.5. The maximum Gasteiger partial charge on any atom is 0.287 e. The summed E-state index contributed by atoms with van der Waals surface area (Å²) in [6, 6.07) is 11.0. The number of methoxy groups -OCH3 is 2. The van der Waals surface area contributed by atoms with Crippen molar-refractivity contribution in [2.75, 3.05) is 19.5 Å². The molecule has 0 aliphatic heterocycles. The second-order valence-corrected chi connectivity index (χ2v) is 6.09. The fourth-order valence-corrected chi connectivity index (χ4v) is 2.73. The lowest BCUT2D eigenvalue weighted by Crippen LogP contribution is -2.16. The molecule has 8 heteroatoms. The van der Waals surface area contributed by atoms with E-state index in [1.54, 1.807) is 26.4 Å². The third-order valence-electron chi connectivity index (χ3n) is 3.97. The van der Waals surface area contributed by atoms with Crippen LogP contribution in [0.5, 0.6) is 11.5 Å². The fraction of sp³-hybridized carbons (Fsp3) is 0.158. The summed E-state index contributed by atoms with van der Waals surface area (Å²) in [7, 11) is 3.12. The van der Waals surface area contributed by atoms with Crippen molar-refractivity contribution in [2.24, 2.45) is 0 Å². The van der Waals surface area contributed by atoms with Crippen LogP contribution in [0.2, 0.25) is 5.02 Å². The highest BCUT2D eigenvalue weighted by Crippen LogP contribution is 2.27. The van der Waals surface area contributed by atoms with Crippen LogP contribution in [0.1, 0.15) is 5.56 Å². The Bertz CT molecular complexity index is 1020. The summed E-state index contributed by atoms with van der Waals surface area (Å²) in [5, 5.41) is 9.67. The van der Waals surface area contributed by atoms with Gasteiger partial charge in [0, 0.05) is 28.8 Å². The Morgan fingerprint density at radius 2 is 1.96 bits per heavy atom. The van der Waals surface area contributed by atoms with E-state index in [-0.39, 0.29) is 16.9 Å². The number of halogens is 2. The molecule has 0 aliphatic rings. The zero-order valence-corrected chi connectivity index (χ0v) is 15.4. The summed E-state index contributed by atoms with van der Waals surface area (Å²) in [6.45, 7) is 0.317. The lowest BCUT2D eigenvalue weighted by Gasteiger charge is -2.12. The first-order valence-corrected chi connectivity index (χ1v) is 8.39. The molecule has 3 rings (SSSR count). The highest BCUT2D eigenvalue weighted by Gasteiger charge is 2.11. The van der Waals surface area contributed by atoms with Crippen LogP contribution in [-0.2, 0) is 6.54 Å². The van der Waals surface area contributed by atoms with Crippen LogP contribution in [0.15, 0.2) is 47.3 Å². The molecule has 1 heterocycles. The summed E-state index contributed by atoms with van der Waals surface area (Å²) in [5.74, 6) is 0.797. The van der Waals surface area contributed by atoms with E-state index in [0.29, 0.717) is 23.1 Å². The molecule has 27 heavy (non-hydrogen) atoms. The van der Waals surface area contributed by atoms with E-state index in [9.17, 15) is 9.18 Å². The molecule has 0 bridgehead atoms. The van der Waals surface area contributed by atoms with Gasteiger partial charge in [-0.3, -0.25) is 4.79 Å². The van der Waals surface area contributed by atoms with E-state index in [1.165, 1.54) is 24.3 Å². The number of hydrogen-bond donors (Lipinski definition) is 2. The van der Waals surface area contributed by atoms with Crippen molar-refractivity contribution in [3.63, 3.8) is 0 Å². The van der Waals surface area contributed by atoms with Gasteiger partial charge in [0.1, 0.15) is 23.0 Å². The standard InChI is InChI=1S/C19H17ClFN3O3/c1-26-13-5-3-11(18(8-13)27-2)10-22-17-9-16(23-24-19(17)25)14-7-12(20)4-6-15(14)21/h3-9H,10H2,1-2H3,(H,22,23)(H,24,25). The lowest BCUT2D eigenvalue weighted by atomic mass is 10.1. The molecule has 0 aliphatic carbocycles. The molecule has 0 spiro atoms. The van der Waals surface area contributed by atoms with Gasteiger partial charge in [0.05, 0.1) is 19.9 Å². The van der Waals surface area contributed by atoms with Gasteiger partial charge in [0.2, 0.25) is 0 Å². The minimum atomic E-state index is -0.485. The van der Waals surface area contributed by atoms with Crippen LogP contribution in [0.25, 0.3) is 11.3 Å². The first kappa shape index (κ1) is 18.7. The minimum Gasteiger partial charge on any atom is -0.497 e. The Hall–Kier alpha value is -3.06. The monoisotopic (exact) mass is 389 g/mol. The summed E-state index contributed by atoms with van der Waals surface area (Å²) in [5.41, 5.74) is 1.11. The molecule has 0 atom stereocenters. The molecule has 3 aromatic rings. The molecular formula is C19H17ClFN3O3. The number of H-pyrrole nitrogens is 1. The van der Waals surface area contributed by atoms with E-state index in [2.05, 4.69) is 15.5 Å². The number of nitrogens with zero attached hydrogens (tertiary/aromatic N) is 1. The predicted molar refractivity (Wildman–Crippen MR) is 102 cm³/mol. The van der Waals surface area contributed by atoms with Crippen LogP contribution in [0.3, 0.4) is 0 Å². The van der Waals surface area contributed by atoms with Gasteiger partial charge >= 0.3 is 0 Å². The number of aromatic amines is 1. The molecule has 140 valence electrons. The smallest absolute Gasteiger partial charge is 0.287 e. The Morgan fingerprint density at radius 3 is 2.70 bits per heavy atom. The Balaban J connectivity index is 1.88. The average molecular weight is 390 g/mol. The summed E-state index contributed by atoms with van der Waals surface area (Å²) in [4.78, 5) is 12.1. The van der Waals surface area contributed by atoms with Crippen molar-refractivity contribution in [3.8, 4) is 22.8 Å². The number of rotatable bonds is 6. The highest BCUT2D eigenvalue weighted by molar-refractivity contribution is 6.30. The summed E-state index contributed by atoms with van der Waals surface area (Å²) >= 11 is 5.93. The van der Waals surface area contributed by atoms with Gasteiger partial charge in [-0.1, -0.05) is 11.6 Å². The van der Waals surface area contributed by atoms with E-state index < -0.39 is 11.4 Å². The van der Waals surface area contributed by atoms with Gasteiger partial charge in [0.25, 0.3) is 5.56 Å². The van der Waals surface area contributed by atoms with Crippen molar-refractivity contribution in [2.45, 2.75) is 6.54 Å². The Kier molecular flexibility index (Phi) is 5.61. The van der Waals surface area contributed by atoms with Crippen molar-refractivity contribution in [1.82, 2.24) is 10.2 Å². The molecule has 2 aromatic carbocycles. The Labute approximate surface area is 159 Å². The first-order chi connectivity index (χ1) is 13.0. The zero-order valence-electron chi connectivity index (χ0n) is 14.7. The number of benzene rings is 2. The lowest BCUT2D eigenvalue weighted by molar-refractivity contribution is 0.391. The molecule has 0 unspecified atom stereocenters. The molecular weight excluding hydrogens is 373 g/mol. The van der Waals surface area contributed by atoms with Gasteiger partial charge in [0.15, 0.2) is 0 Å². The first-order valence-electron chi connectivity index (χ1n) is 8.01. The average Bonchev–Trinajstić information content (AvgIpc) is 2.69.